The number of halogens is 1. The first kappa shape index (κ1) is 14.6. The molecule has 2 aliphatic rings. The van der Waals surface area contributed by atoms with E-state index in [1.807, 2.05) is 18.2 Å². The van der Waals surface area contributed by atoms with Crippen molar-refractivity contribution < 1.29 is 4.39 Å². The van der Waals surface area contributed by atoms with Gasteiger partial charge in [0.1, 0.15) is 11.7 Å². The number of hydrogen-bond acceptors (Lipinski definition) is 3. The molecule has 1 aromatic carbocycles. The Morgan fingerprint density at radius 3 is 2.88 bits per heavy atom. The SMILES string of the molecule is FC1=CCC(c2[nH]nc3ccc(-c4n[nH]c(CC5CC5)n4)cc23)C=C1. The second kappa shape index (κ2) is 5.65. The Kier molecular flexibility index (Phi) is 3.29. The third-order valence-electron chi connectivity index (χ3n) is 4.98. The molecule has 5 nitrogen and oxygen atoms in total. The molecule has 0 bridgehead atoms. The van der Waals surface area contributed by atoms with Crippen LogP contribution in [0.5, 0.6) is 0 Å². The van der Waals surface area contributed by atoms with Gasteiger partial charge in [-0.05, 0) is 55.5 Å². The van der Waals surface area contributed by atoms with Crippen LogP contribution in [-0.2, 0) is 6.42 Å². The lowest BCUT2D eigenvalue weighted by atomic mass is 9.94. The lowest BCUT2D eigenvalue weighted by molar-refractivity contribution is 0.641. The van der Waals surface area contributed by atoms with Crippen LogP contribution in [0.15, 0.2) is 42.3 Å². The zero-order valence-corrected chi connectivity index (χ0v) is 13.7. The van der Waals surface area contributed by atoms with Gasteiger partial charge in [-0.25, -0.2) is 9.37 Å². The van der Waals surface area contributed by atoms with Crippen molar-refractivity contribution in [1.82, 2.24) is 25.4 Å². The van der Waals surface area contributed by atoms with Crippen molar-refractivity contribution in [2.75, 3.05) is 0 Å². The molecule has 1 atom stereocenters. The van der Waals surface area contributed by atoms with Crippen molar-refractivity contribution in [1.29, 1.82) is 0 Å². The van der Waals surface area contributed by atoms with E-state index in [1.165, 1.54) is 18.9 Å². The number of hydrogen-bond donors (Lipinski definition) is 2. The first-order valence-electron chi connectivity index (χ1n) is 8.70. The van der Waals surface area contributed by atoms with Crippen LogP contribution in [0.25, 0.3) is 22.3 Å². The molecule has 2 N–H and O–H groups in total. The molecular formula is C19H18FN5. The predicted molar refractivity (Wildman–Crippen MR) is 93.6 cm³/mol. The Morgan fingerprint density at radius 2 is 2.08 bits per heavy atom. The summed E-state index contributed by atoms with van der Waals surface area (Å²) in [6.45, 7) is 0. The molecule has 0 radical (unpaired) electrons. The molecular weight excluding hydrogens is 317 g/mol. The van der Waals surface area contributed by atoms with Gasteiger partial charge in [-0.15, -0.1) is 0 Å². The summed E-state index contributed by atoms with van der Waals surface area (Å²) in [5.74, 6) is 2.38. The molecule has 5 rings (SSSR count). The van der Waals surface area contributed by atoms with Gasteiger partial charge in [0.15, 0.2) is 5.82 Å². The highest BCUT2D eigenvalue weighted by atomic mass is 19.1. The Balaban J connectivity index is 1.49. The molecule has 0 amide bonds. The molecule has 2 aromatic heterocycles. The number of H-pyrrole nitrogens is 2. The largest absolute Gasteiger partial charge is 0.281 e. The highest BCUT2D eigenvalue weighted by Crippen LogP contribution is 2.34. The van der Waals surface area contributed by atoms with Crippen molar-refractivity contribution in [2.45, 2.75) is 31.6 Å². The minimum Gasteiger partial charge on any atom is -0.281 e. The normalized spacial score (nSPS) is 20.2. The summed E-state index contributed by atoms with van der Waals surface area (Å²) >= 11 is 0. The fraction of sp³-hybridized carbons (Fsp3) is 0.316. The van der Waals surface area contributed by atoms with Gasteiger partial charge in [-0.1, -0.05) is 6.08 Å². The van der Waals surface area contributed by atoms with Crippen LogP contribution in [-0.4, -0.2) is 25.4 Å². The van der Waals surface area contributed by atoms with Crippen LogP contribution in [0.4, 0.5) is 4.39 Å². The fourth-order valence-corrected chi connectivity index (χ4v) is 3.37. The van der Waals surface area contributed by atoms with E-state index in [0.717, 1.165) is 46.1 Å². The molecule has 3 aromatic rings. The summed E-state index contributed by atoms with van der Waals surface area (Å²) in [5.41, 5.74) is 2.87. The average molecular weight is 335 g/mol. The lowest BCUT2D eigenvalue weighted by Crippen LogP contribution is -1.98. The number of aromatic amines is 2. The van der Waals surface area contributed by atoms with Crippen molar-refractivity contribution in [3.8, 4) is 11.4 Å². The van der Waals surface area contributed by atoms with Crippen LogP contribution >= 0.6 is 0 Å². The molecule has 1 saturated carbocycles. The summed E-state index contributed by atoms with van der Waals surface area (Å²) in [4.78, 5) is 4.63. The third kappa shape index (κ3) is 2.77. The van der Waals surface area contributed by atoms with Crippen molar-refractivity contribution in [3.63, 3.8) is 0 Å². The fourth-order valence-electron chi connectivity index (χ4n) is 3.37. The minimum absolute atomic E-state index is 0.109. The van der Waals surface area contributed by atoms with E-state index in [9.17, 15) is 4.39 Å². The van der Waals surface area contributed by atoms with Gasteiger partial charge in [-0.3, -0.25) is 10.2 Å². The van der Waals surface area contributed by atoms with Gasteiger partial charge in [0.2, 0.25) is 0 Å². The maximum Gasteiger partial charge on any atom is 0.181 e. The number of fused-ring (bicyclic) bond motifs is 1. The maximum absolute atomic E-state index is 13.2. The highest BCUT2D eigenvalue weighted by Gasteiger charge is 2.23. The predicted octanol–water partition coefficient (Wildman–Crippen LogP) is 4.20. The third-order valence-corrected chi connectivity index (χ3v) is 4.98. The van der Waals surface area contributed by atoms with E-state index < -0.39 is 0 Å². The summed E-state index contributed by atoms with van der Waals surface area (Å²) in [5, 5.41) is 16.0. The summed E-state index contributed by atoms with van der Waals surface area (Å²) in [6, 6.07) is 6.04. The van der Waals surface area contributed by atoms with Gasteiger partial charge in [0.25, 0.3) is 0 Å². The van der Waals surface area contributed by atoms with Crippen LogP contribution in [0.3, 0.4) is 0 Å². The van der Waals surface area contributed by atoms with E-state index >= 15 is 0 Å². The van der Waals surface area contributed by atoms with Gasteiger partial charge in [0, 0.05) is 23.3 Å². The summed E-state index contributed by atoms with van der Waals surface area (Å²) in [6.07, 6.45) is 9.22. The summed E-state index contributed by atoms with van der Waals surface area (Å²) < 4.78 is 13.2. The Morgan fingerprint density at radius 1 is 1.16 bits per heavy atom. The van der Waals surface area contributed by atoms with Crippen LogP contribution < -0.4 is 0 Å². The number of nitrogens with zero attached hydrogens (tertiary/aromatic N) is 3. The number of benzene rings is 1. The topological polar surface area (TPSA) is 70.2 Å². The van der Waals surface area contributed by atoms with Gasteiger partial charge < -0.3 is 0 Å². The first-order chi connectivity index (χ1) is 12.3. The monoisotopic (exact) mass is 335 g/mol. The van der Waals surface area contributed by atoms with Crippen molar-refractivity contribution >= 4 is 10.9 Å². The number of allylic oxidation sites excluding steroid dienone is 4. The molecule has 1 fully saturated rings. The zero-order chi connectivity index (χ0) is 16.8. The Labute approximate surface area is 144 Å². The quantitative estimate of drug-likeness (QED) is 0.751. The van der Waals surface area contributed by atoms with Crippen LogP contribution in [0, 0.1) is 5.92 Å². The van der Waals surface area contributed by atoms with E-state index in [2.05, 4.69) is 31.4 Å². The van der Waals surface area contributed by atoms with E-state index in [1.54, 1.807) is 6.08 Å². The van der Waals surface area contributed by atoms with Gasteiger partial charge >= 0.3 is 0 Å². The molecule has 0 saturated heterocycles. The average Bonchev–Trinajstić information content (AvgIpc) is 3.16. The molecule has 0 aliphatic heterocycles. The molecule has 0 spiro atoms. The molecule has 2 aliphatic carbocycles. The highest BCUT2D eigenvalue weighted by molar-refractivity contribution is 5.86. The Bertz CT molecular complexity index is 992. The van der Waals surface area contributed by atoms with Crippen molar-refractivity contribution in [3.05, 3.63) is 53.8 Å². The Hall–Kier alpha value is -2.76. The standard InChI is InChI=1S/C19H18FN5/c20-14-6-3-12(4-7-14)18-15-10-13(5-8-16(15)22-24-18)19-21-17(23-25-19)9-11-1-2-11/h3,5-8,10-12H,1-2,4,9H2,(H,22,24)(H,21,23,25). The molecule has 126 valence electrons. The van der Waals surface area contributed by atoms with E-state index in [4.69, 9.17) is 0 Å². The smallest absolute Gasteiger partial charge is 0.181 e. The zero-order valence-electron chi connectivity index (χ0n) is 13.7. The second-order valence-corrected chi connectivity index (χ2v) is 6.91. The summed E-state index contributed by atoms with van der Waals surface area (Å²) in [7, 11) is 0. The second-order valence-electron chi connectivity index (χ2n) is 6.91. The molecule has 25 heavy (non-hydrogen) atoms. The first-order valence-corrected chi connectivity index (χ1v) is 8.70. The molecule has 1 unspecified atom stereocenters. The van der Waals surface area contributed by atoms with Crippen molar-refractivity contribution in [2.24, 2.45) is 5.92 Å². The van der Waals surface area contributed by atoms with E-state index in [-0.39, 0.29) is 11.7 Å². The maximum atomic E-state index is 13.2. The number of nitrogens with one attached hydrogen (secondary N) is 2. The lowest BCUT2D eigenvalue weighted by Gasteiger charge is -2.12. The molecule has 6 heteroatoms. The van der Waals surface area contributed by atoms with Gasteiger partial charge in [-0.2, -0.15) is 10.2 Å². The molecule has 2 heterocycles. The van der Waals surface area contributed by atoms with Crippen LogP contribution in [0.1, 0.15) is 36.7 Å². The number of rotatable bonds is 4. The van der Waals surface area contributed by atoms with Gasteiger partial charge in [0.05, 0.1) is 11.2 Å². The van der Waals surface area contributed by atoms with E-state index in [0.29, 0.717) is 6.42 Å². The van der Waals surface area contributed by atoms with Crippen LogP contribution in [0.2, 0.25) is 0 Å². The minimum atomic E-state index is -0.176. The number of aromatic nitrogens is 5.